The van der Waals surface area contributed by atoms with Crippen LogP contribution in [0.2, 0.25) is 0 Å². The summed E-state index contributed by atoms with van der Waals surface area (Å²) >= 11 is 0. The summed E-state index contributed by atoms with van der Waals surface area (Å²) in [6, 6.07) is 13.0. The van der Waals surface area contributed by atoms with Crippen molar-refractivity contribution >= 4 is 56.7 Å². The first kappa shape index (κ1) is 41.0. The lowest BCUT2D eigenvalue weighted by Crippen LogP contribution is -2.51. The molecule has 16 nitrogen and oxygen atoms in total. The van der Waals surface area contributed by atoms with Crippen molar-refractivity contribution in [1.29, 1.82) is 0 Å². The molecular formula is C45H50N8O8. The molecule has 5 heterocycles. The van der Waals surface area contributed by atoms with Gasteiger partial charge in [-0.3, -0.25) is 14.4 Å². The van der Waals surface area contributed by atoms with Crippen LogP contribution in [0.1, 0.15) is 77.1 Å². The number of imidazole rings is 2. The predicted octanol–water partition coefficient (Wildman–Crippen LogP) is 6.97. The summed E-state index contributed by atoms with van der Waals surface area (Å²) in [6.07, 6.45) is 5.22. The van der Waals surface area contributed by atoms with Crippen LogP contribution >= 0.6 is 0 Å². The molecule has 8 rings (SSSR count). The smallest absolute Gasteiger partial charge is 0.407 e. The molecule has 4 N–H and O–H groups in total. The third kappa shape index (κ3) is 7.77. The van der Waals surface area contributed by atoms with Gasteiger partial charge in [-0.25, -0.2) is 19.6 Å². The average molecular weight is 831 g/mol. The summed E-state index contributed by atoms with van der Waals surface area (Å²) in [5, 5.41) is 7.89. The number of carbonyl (C=O) groups excluding carboxylic acids is 4. The van der Waals surface area contributed by atoms with Crippen LogP contribution in [0, 0.1) is 11.8 Å². The molecule has 2 aliphatic heterocycles. The number of methoxy groups -OCH3 is 2. The molecule has 0 bridgehead atoms. The molecule has 0 spiro atoms. The van der Waals surface area contributed by atoms with Crippen LogP contribution in [-0.4, -0.2) is 93.1 Å². The fourth-order valence-corrected chi connectivity index (χ4v) is 8.67. The molecular weight excluding hydrogens is 781 g/mol. The largest absolute Gasteiger partial charge is 0.455 e. The van der Waals surface area contributed by atoms with Crippen molar-refractivity contribution in [2.45, 2.75) is 77.5 Å². The summed E-state index contributed by atoms with van der Waals surface area (Å²) in [7, 11) is 2.55. The minimum Gasteiger partial charge on any atom is -0.455 e. The highest BCUT2D eigenvalue weighted by Crippen LogP contribution is 2.36. The molecule has 4 amide bonds. The number of rotatable bonds is 10. The monoisotopic (exact) mass is 830 g/mol. The second kappa shape index (κ2) is 16.7. The Morgan fingerprint density at radius 1 is 0.705 bits per heavy atom. The Hall–Kier alpha value is -6.71. The maximum absolute atomic E-state index is 14.1. The molecule has 0 saturated carbocycles. The van der Waals surface area contributed by atoms with E-state index in [0.29, 0.717) is 58.8 Å². The van der Waals surface area contributed by atoms with E-state index in [-0.39, 0.29) is 41.2 Å². The Kier molecular flexibility index (Phi) is 11.3. The first-order chi connectivity index (χ1) is 29.4. The second-order valence-corrected chi connectivity index (χ2v) is 16.5. The Morgan fingerprint density at radius 3 is 1.74 bits per heavy atom. The van der Waals surface area contributed by atoms with Crippen LogP contribution in [0.4, 0.5) is 9.59 Å². The number of alkyl carbamates (subject to hydrolysis) is 2. The van der Waals surface area contributed by atoms with Crippen LogP contribution in [0.15, 0.2) is 70.1 Å². The molecule has 3 aromatic heterocycles. The molecule has 0 aliphatic carbocycles. The van der Waals surface area contributed by atoms with Crippen molar-refractivity contribution in [3.8, 4) is 22.5 Å². The molecule has 2 aliphatic rings. The van der Waals surface area contributed by atoms with E-state index in [0.717, 1.165) is 46.9 Å². The zero-order valence-electron chi connectivity index (χ0n) is 35.0. The van der Waals surface area contributed by atoms with Gasteiger partial charge in [0, 0.05) is 29.6 Å². The van der Waals surface area contributed by atoms with Gasteiger partial charge in [0.1, 0.15) is 34.9 Å². The summed E-state index contributed by atoms with van der Waals surface area (Å²) < 4.78 is 16.0. The number of H-pyrrole nitrogens is 2. The van der Waals surface area contributed by atoms with E-state index < -0.39 is 24.3 Å². The number of likely N-dealkylation sites (tertiary alicyclic amines) is 2. The lowest BCUT2D eigenvalue weighted by molar-refractivity contribution is -0.136. The van der Waals surface area contributed by atoms with Gasteiger partial charge in [0.2, 0.25) is 17.2 Å². The van der Waals surface area contributed by atoms with E-state index in [1.54, 1.807) is 40.4 Å². The summed E-state index contributed by atoms with van der Waals surface area (Å²) in [6.45, 7) is 8.62. The molecule has 61 heavy (non-hydrogen) atoms. The number of carbonyl (C=O) groups is 4. The van der Waals surface area contributed by atoms with Crippen LogP contribution in [0.3, 0.4) is 0 Å². The third-order valence-corrected chi connectivity index (χ3v) is 12.0. The van der Waals surface area contributed by atoms with E-state index in [2.05, 4.69) is 30.6 Å². The number of hydrogen-bond donors (Lipinski definition) is 4. The maximum Gasteiger partial charge on any atom is 0.407 e. The van der Waals surface area contributed by atoms with Gasteiger partial charge in [-0.2, -0.15) is 0 Å². The molecule has 0 radical (unpaired) electrons. The molecule has 0 unspecified atom stereocenters. The van der Waals surface area contributed by atoms with Crippen molar-refractivity contribution in [2.75, 3.05) is 27.3 Å². The van der Waals surface area contributed by atoms with Gasteiger partial charge in [0.25, 0.3) is 0 Å². The van der Waals surface area contributed by atoms with Gasteiger partial charge in [-0.05, 0) is 79.3 Å². The number of nitrogens with zero attached hydrogens (tertiary/aromatic N) is 4. The number of ether oxygens (including phenoxy) is 2. The van der Waals surface area contributed by atoms with Gasteiger partial charge in [0.05, 0.1) is 60.9 Å². The van der Waals surface area contributed by atoms with E-state index in [1.165, 1.54) is 14.2 Å². The van der Waals surface area contributed by atoms with Gasteiger partial charge < -0.3 is 44.3 Å². The summed E-state index contributed by atoms with van der Waals surface area (Å²) in [5.74, 6) is 0.651. The van der Waals surface area contributed by atoms with E-state index >= 15 is 0 Å². The highest BCUT2D eigenvalue weighted by molar-refractivity contribution is 6.07. The van der Waals surface area contributed by atoms with Crippen LogP contribution < -0.4 is 16.1 Å². The first-order valence-electron chi connectivity index (χ1n) is 20.7. The molecule has 2 saturated heterocycles. The van der Waals surface area contributed by atoms with E-state index in [1.807, 2.05) is 58.0 Å². The van der Waals surface area contributed by atoms with Crippen molar-refractivity contribution in [2.24, 2.45) is 11.8 Å². The number of nitrogens with one attached hydrogen (secondary N) is 4. The van der Waals surface area contributed by atoms with E-state index in [9.17, 15) is 24.0 Å². The van der Waals surface area contributed by atoms with Crippen LogP contribution in [0.5, 0.6) is 0 Å². The predicted molar refractivity (Wildman–Crippen MR) is 228 cm³/mol. The van der Waals surface area contributed by atoms with Gasteiger partial charge in [-0.15, -0.1) is 0 Å². The zero-order valence-corrected chi connectivity index (χ0v) is 35.0. The number of aromatic nitrogens is 4. The number of fused-ring (bicyclic) bond motifs is 4. The van der Waals surface area contributed by atoms with Gasteiger partial charge in [0.15, 0.2) is 0 Å². The van der Waals surface area contributed by atoms with Crippen molar-refractivity contribution < 1.29 is 33.1 Å². The Labute approximate surface area is 351 Å². The first-order valence-corrected chi connectivity index (χ1v) is 20.7. The maximum atomic E-state index is 14.1. The quantitative estimate of drug-likeness (QED) is 0.0825. The number of aromatic amines is 2. The average Bonchev–Trinajstić information content (AvgIpc) is 4.11. The fourth-order valence-electron chi connectivity index (χ4n) is 8.67. The van der Waals surface area contributed by atoms with E-state index in [4.69, 9.17) is 13.9 Å². The molecule has 318 valence electrons. The highest BCUT2D eigenvalue weighted by atomic mass is 16.5. The summed E-state index contributed by atoms with van der Waals surface area (Å²) in [5.41, 5.74) is 3.86. The minimum absolute atomic E-state index is 0.136. The number of hydrogen-bond acceptors (Lipinski definition) is 10. The molecule has 6 aromatic rings. The summed E-state index contributed by atoms with van der Waals surface area (Å²) in [4.78, 5) is 85.1. The normalized spacial score (nSPS) is 17.7. The van der Waals surface area contributed by atoms with Crippen LogP contribution in [0.25, 0.3) is 55.2 Å². The lowest BCUT2D eigenvalue weighted by atomic mass is 10.0. The molecule has 3 aromatic carbocycles. The highest BCUT2D eigenvalue weighted by Gasteiger charge is 2.39. The van der Waals surface area contributed by atoms with Crippen LogP contribution in [-0.2, 0) is 19.1 Å². The second-order valence-electron chi connectivity index (χ2n) is 16.5. The SMILES string of the molecule is COC(=O)N[C@H](C(=O)N1CCC[C@@H]1c1ncc(-c2ccc3oc4c(ccc5cc(-c6cnc([C@H]7CCCN7C(=O)[C@H](NC(=O)OC)C(C)C)[nH]6)ccc54)c(=O)c3c2)[nH]1)C(C)C. The van der Waals surface area contributed by atoms with Crippen molar-refractivity contribution in [3.05, 3.63) is 82.8 Å². The van der Waals surface area contributed by atoms with Crippen molar-refractivity contribution in [3.63, 3.8) is 0 Å². The van der Waals surface area contributed by atoms with Gasteiger partial charge in [-0.1, -0.05) is 39.8 Å². The van der Waals surface area contributed by atoms with Crippen molar-refractivity contribution in [1.82, 2.24) is 40.4 Å². The molecule has 2 fully saturated rings. The Balaban J connectivity index is 1.03. The third-order valence-electron chi connectivity index (χ3n) is 12.0. The zero-order chi connectivity index (χ0) is 43.1. The fraction of sp³-hybridized carbons (Fsp3) is 0.400. The molecule has 16 heteroatoms. The lowest BCUT2D eigenvalue weighted by Gasteiger charge is -2.30. The minimum atomic E-state index is -0.739. The molecule has 4 atom stereocenters. The standard InChI is InChI=1S/C45H50N8O8/c1-23(2)36(50-44(57)59-5)42(55)52-17-7-9-33(52)40-46-21-31(48-40)26-12-14-28-25(19-26)11-15-29-38(54)30-20-27(13-16-35(30)61-39(28)29)32-22-47-41(49-32)34-10-8-18-53(34)43(56)37(24(3)4)51-45(58)60-6/h11-16,19-24,33-34,36-37H,7-10,17-18H2,1-6H3,(H,46,48)(H,47,49)(H,50,57)(H,51,58)/t33-,34-,36-,37+/m1/s1. The number of benzene rings is 3. The Morgan fingerprint density at radius 2 is 1.21 bits per heavy atom. The number of amides is 4. The van der Waals surface area contributed by atoms with Gasteiger partial charge >= 0.3 is 12.2 Å². The topological polar surface area (TPSA) is 205 Å². The Bertz CT molecular complexity index is 2720.